The van der Waals surface area contributed by atoms with Crippen LogP contribution < -0.4 is 0 Å². The predicted molar refractivity (Wildman–Crippen MR) is 32.5 cm³/mol. The molecule has 0 heterocycles. The third kappa shape index (κ3) is 2.99. The van der Waals surface area contributed by atoms with Gasteiger partial charge in [0.2, 0.25) is 0 Å². The third-order valence-corrected chi connectivity index (χ3v) is 0.908. The second kappa shape index (κ2) is 3.87. The Morgan fingerprint density at radius 1 is 1.50 bits per heavy atom. The molecule has 0 aromatic carbocycles. The van der Waals surface area contributed by atoms with Gasteiger partial charge in [0.1, 0.15) is 0 Å². The quantitative estimate of drug-likeness (QED) is 0.560. The van der Waals surface area contributed by atoms with Gasteiger partial charge in [0, 0.05) is 12.5 Å². The van der Waals surface area contributed by atoms with Crippen molar-refractivity contribution in [1.82, 2.24) is 0 Å². The number of aliphatic hydroxyl groups is 1. The molecule has 0 fully saturated rings. The lowest BCUT2D eigenvalue weighted by Crippen LogP contribution is -2.18. The van der Waals surface area contributed by atoms with E-state index in [2.05, 4.69) is 0 Å². The summed E-state index contributed by atoms with van der Waals surface area (Å²) in [6.07, 6.45) is -0.583. The Morgan fingerprint density at radius 2 is 2.00 bits per heavy atom. The molecule has 0 saturated heterocycles. The van der Waals surface area contributed by atoms with Crippen molar-refractivity contribution >= 4 is 0 Å². The number of ether oxygens (including phenoxy) is 1. The molecule has 0 bridgehead atoms. The van der Waals surface area contributed by atoms with E-state index in [1.54, 1.807) is 0 Å². The second-order valence-electron chi connectivity index (χ2n) is 2.09. The van der Waals surface area contributed by atoms with Crippen molar-refractivity contribution in [3.63, 3.8) is 0 Å². The molecule has 1 atom stereocenters. The minimum Gasteiger partial charge on any atom is -0.368 e. The van der Waals surface area contributed by atoms with Gasteiger partial charge in [-0.1, -0.05) is 13.8 Å². The molecule has 0 aliphatic carbocycles. The summed E-state index contributed by atoms with van der Waals surface area (Å²) in [5.41, 5.74) is 0. The Kier molecular flexibility index (Phi) is 3.83. The fraction of sp³-hybridized carbons (Fsp3) is 1.00. The molecule has 0 amide bonds. The average Bonchev–Trinajstić information content (AvgIpc) is 1.67. The van der Waals surface area contributed by atoms with E-state index in [9.17, 15) is 0 Å². The minimum atomic E-state index is -0.583. The highest BCUT2D eigenvalue weighted by atomic mass is 16.6. The van der Waals surface area contributed by atoms with Gasteiger partial charge in [0.15, 0.2) is 6.29 Å². The van der Waals surface area contributed by atoms with E-state index in [4.69, 9.17) is 9.84 Å². The first-order valence-electron chi connectivity index (χ1n) is 2.98. The molecule has 0 aromatic heterocycles. The molecule has 0 unspecified atom stereocenters. The van der Waals surface area contributed by atoms with Crippen LogP contribution in [-0.4, -0.2) is 18.0 Å². The Labute approximate surface area is 50.5 Å². The SMILES string of the molecule is CCO[C@H](O)C(C)C. The van der Waals surface area contributed by atoms with Crippen LogP contribution in [0.15, 0.2) is 0 Å². The van der Waals surface area contributed by atoms with Crippen LogP contribution in [0.3, 0.4) is 0 Å². The van der Waals surface area contributed by atoms with Crippen molar-refractivity contribution < 1.29 is 9.84 Å². The van der Waals surface area contributed by atoms with Crippen molar-refractivity contribution in [3.05, 3.63) is 0 Å². The van der Waals surface area contributed by atoms with Gasteiger partial charge in [-0.05, 0) is 6.92 Å². The molecular weight excluding hydrogens is 104 g/mol. The predicted octanol–water partition coefficient (Wildman–Crippen LogP) is 0.997. The van der Waals surface area contributed by atoms with Gasteiger partial charge in [0.25, 0.3) is 0 Å². The topological polar surface area (TPSA) is 29.5 Å². The van der Waals surface area contributed by atoms with Gasteiger partial charge in [-0.2, -0.15) is 0 Å². The van der Waals surface area contributed by atoms with Crippen molar-refractivity contribution in [2.75, 3.05) is 6.61 Å². The fourth-order valence-corrected chi connectivity index (χ4v) is 0.363. The van der Waals surface area contributed by atoms with E-state index in [1.165, 1.54) is 0 Å². The normalized spacial score (nSPS) is 14.6. The van der Waals surface area contributed by atoms with E-state index >= 15 is 0 Å². The van der Waals surface area contributed by atoms with E-state index in [1.807, 2.05) is 20.8 Å². The maximum Gasteiger partial charge on any atom is 0.156 e. The van der Waals surface area contributed by atoms with Crippen LogP contribution in [0.2, 0.25) is 0 Å². The summed E-state index contributed by atoms with van der Waals surface area (Å²) in [6, 6.07) is 0. The van der Waals surface area contributed by atoms with E-state index in [0.29, 0.717) is 6.61 Å². The van der Waals surface area contributed by atoms with E-state index < -0.39 is 6.29 Å². The molecule has 2 nitrogen and oxygen atoms in total. The number of aliphatic hydroxyl groups excluding tert-OH is 1. The molecule has 1 N–H and O–H groups in total. The summed E-state index contributed by atoms with van der Waals surface area (Å²) in [5, 5.41) is 8.90. The van der Waals surface area contributed by atoms with Crippen LogP contribution in [0.1, 0.15) is 20.8 Å². The molecule has 50 valence electrons. The number of rotatable bonds is 3. The zero-order valence-corrected chi connectivity index (χ0v) is 5.72. The molecule has 0 aliphatic heterocycles. The van der Waals surface area contributed by atoms with Gasteiger partial charge >= 0.3 is 0 Å². The Morgan fingerprint density at radius 3 is 2.12 bits per heavy atom. The second-order valence-corrected chi connectivity index (χ2v) is 2.09. The molecule has 0 saturated carbocycles. The third-order valence-electron chi connectivity index (χ3n) is 0.908. The summed E-state index contributed by atoms with van der Waals surface area (Å²) < 4.78 is 4.86. The molecule has 8 heavy (non-hydrogen) atoms. The zero-order valence-electron chi connectivity index (χ0n) is 5.72. The zero-order chi connectivity index (χ0) is 6.57. The molecule has 0 rings (SSSR count). The van der Waals surface area contributed by atoms with E-state index in [0.717, 1.165) is 0 Å². The lowest BCUT2D eigenvalue weighted by molar-refractivity contribution is -0.122. The highest BCUT2D eigenvalue weighted by Gasteiger charge is 2.05. The van der Waals surface area contributed by atoms with Crippen molar-refractivity contribution in [1.29, 1.82) is 0 Å². The highest BCUT2D eigenvalue weighted by molar-refractivity contribution is 4.44. The van der Waals surface area contributed by atoms with Gasteiger partial charge in [0.05, 0.1) is 0 Å². The van der Waals surface area contributed by atoms with Gasteiger partial charge in [-0.25, -0.2) is 0 Å². The molecular formula is C6H14O2. The smallest absolute Gasteiger partial charge is 0.156 e. The summed E-state index contributed by atoms with van der Waals surface area (Å²) in [4.78, 5) is 0. The molecule has 0 spiro atoms. The molecule has 0 radical (unpaired) electrons. The molecule has 0 aliphatic rings. The molecule has 2 heteroatoms. The highest BCUT2D eigenvalue weighted by Crippen LogP contribution is 2.00. The Bertz CT molecular complexity index is 52.5. The standard InChI is InChI=1S/C6H14O2/c1-4-8-6(7)5(2)3/h5-7H,4H2,1-3H3/t6-/m0/s1. The first kappa shape index (κ1) is 7.92. The first-order valence-corrected chi connectivity index (χ1v) is 2.98. The van der Waals surface area contributed by atoms with Crippen molar-refractivity contribution in [3.8, 4) is 0 Å². The van der Waals surface area contributed by atoms with Gasteiger partial charge in [-0.3, -0.25) is 0 Å². The van der Waals surface area contributed by atoms with Crippen LogP contribution in [0.5, 0.6) is 0 Å². The number of hydrogen-bond donors (Lipinski definition) is 1. The Balaban J connectivity index is 3.17. The lowest BCUT2D eigenvalue weighted by atomic mass is 10.2. The largest absolute Gasteiger partial charge is 0.368 e. The minimum absolute atomic E-state index is 0.204. The lowest BCUT2D eigenvalue weighted by Gasteiger charge is -2.12. The summed E-state index contributed by atoms with van der Waals surface area (Å²) in [6.45, 7) is 6.28. The monoisotopic (exact) mass is 118 g/mol. The van der Waals surface area contributed by atoms with E-state index in [-0.39, 0.29) is 5.92 Å². The van der Waals surface area contributed by atoms with Crippen LogP contribution in [0.4, 0.5) is 0 Å². The fourth-order valence-electron chi connectivity index (χ4n) is 0.363. The van der Waals surface area contributed by atoms with Gasteiger partial charge < -0.3 is 9.84 Å². The van der Waals surface area contributed by atoms with Crippen molar-refractivity contribution in [2.24, 2.45) is 5.92 Å². The average molecular weight is 118 g/mol. The Hall–Kier alpha value is -0.0800. The summed E-state index contributed by atoms with van der Waals surface area (Å²) >= 11 is 0. The molecule has 0 aromatic rings. The first-order chi connectivity index (χ1) is 3.68. The van der Waals surface area contributed by atoms with Gasteiger partial charge in [-0.15, -0.1) is 0 Å². The van der Waals surface area contributed by atoms with Crippen LogP contribution >= 0.6 is 0 Å². The summed E-state index contributed by atoms with van der Waals surface area (Å²) in [5.74, 6) is 0.204. The maximum atomic E-state index is 8.90. The van der Waals surface area contributed by atoms with Crippen LogP contribution in [0, 0.1) is 5.92 Å². The summed E-state index contributed by atoms with van der Waals surface area (Å²) in [7, 11) is 0. The van der Waals surface area contributed by atoms with Crippen LogP contribution in [-0.2, 0) is 4.74 Å². The van der Waals surface area contributed by atoms with Crippen LogP contribution in [0.25, 0.3) is 0 Å². The number of hydrogen-bond acceptors (Lipinski definition) is 2. The van der Waals surface area contributed by atoms with Crippen molar-refractivity contribution in [2.45, 2.75) is 27.1 Å². The maximum absolute atomic E-state index is 8.90.